The molecule has 0 saturated carbocycles. The highest BCUT2D eigenvalue weighted by atomic mass is 35.5. The molecule has 0 spiro atoms. The Morgan fingerprint density at radius 1 is 0.597 bits per heavy atom. The molecule has 2 aromatic rings. The molecule has 0 saturated heterocycles. The fourth-order valence-corrected chi connectivity index (χ4v) is 6.65. The van der Waals surface area contributed by atoms with Crippen molar-refractivity contribution in [3.8, 4) is 0 Å². The maximum absolute atomic E-state index is 13.9. The largest absolute Gasteiger partial charge is 0.445 e. The van der Waals surface area contributed by atoms with Crippen LogP contribution in [0.25, 0.3) is 0 Å². The number of hydrogen-bond donors (Lipinski definition) is 7. The zero-order valence-corrected chi connectivity index (χ0v) is 41.1. The fraction of sp³-hybridized carbons (Fsp3) is 0.574. The van der Waals surface area contributed by atoms with Crippen LogP contribution in [0.5, 0.6) is 0 Å². The van der Waals surface area contributed by atoms with E-state index < -0.39 is 83.6 Å². The Hall–Kier alpha value is -5.62. The molecular weight excluding hydrogens is 909 g/mol. The molecule has 0 bridgehead atoms. The number of hydrogen-bond acceptors (Lipinski definition) is 11. The molecule has 7 N–H and O–H groups in total. The van der Waals surface area contributed by atoms with Gasteiger partial charge in [0.1, 0.15) is 49.3 Å². The molecule has 0 aliphatic carbocycles. The summed E-state index contributed by atoms with van der Waals surface area (Å²) in [6, 6.07) is 8.57. The molecule has 0 unspecified atom stereocenters. The Bertz CT molecular complexity index is 1930. The van der Waals surface area contributed by atoms with Crippen LogP contribution in [-0.4, -0.2) is 97.1 Å². The van der Waals surface area contributed by atoms with Crippen molar-refractivity contribution in [1.82, 2.24) is 37.2 Å². The number of benzene rings is 2. The first-order valence-corrected chi connectivity index (χ1v) is 23.4. The number of unbranched alkanes of at least 4 members (excludes halogenated alkanes) is 3. The molecule has 5 atom stereocenters. The number of aldehydes is 1. The van der Waals surface area contributed by atoms with Crippen molar-refractivity contribution in [2.75, 3.05) is 13.1 Å². The predicted molar refractivity (Wildman–Crippen MR) is 254 cm³/mol. The zero-order chi connectivity index (χ0) is 49.9. The molecule has 0 heterocycles. The molecule has 0 radical (unpaired) electrons. The van der Waals surface area contributed by atoms with Crippen LogP contribution >= 0.6 is 23.2 Å². The molecule has 2 rings (SSSR count). The Morgan fingerprint density at radius 3 is 1.58 bits per heavy atom. The van der Waals surface area contributed by atoms with Crippen LogP contribution in [0.4, 0.5) is 14.4 Å². The maximum Gasteiger partial charge on any atom is 0.408 e. The lowest BCUT2D eigenvalue weighted by Crippen LogP contribution is -2.59. The second kappa shape index (κ2) is 30.6. The van der Waals surface area contributed by atoms with Gasteiger partial charge < -0.3 is 56.2 Å². The maximum atomic E-state index is 13.9. The van der Waals surface area contributed by atoms with Gasteiger partial charge in [0.2, 0.25) is 23.6 Å². The van der Waals surface area contributed by atoms with E-state index in [2.05, 4.69) is 37.2 Å². The van der Waals surface area contributed by atoms with Gasteiger partial charge in [-0.2, -0.15) is 0 Å². The van der Waals surface area contributed by atoms with E-state index >= 15 is 0 Å². The van der Waals surface area contributed by atoms with Crippen molar-refractivity contribution in [2.24, 2.45) is 5.92 Å². The number of alkyl carbamates (subject to hydrolysis) is 3. The lowest BCUT2D eigenvalue weighted by Gasteiger charge is -2.28. The van der Waals surface area contributed by atoms with Crippen LogP contribution in [0.15, 0.2) is 48.5 Å². The summed E-state index contributed by atoms with van der Waals surface area (Å²) in [5, 5.41) is 19.5. The van der Waals surface area contributed by atoms with E-state index in [0.717, 1.165) is 6.42 Å². The molecule has 0 aliphatic heterocycles. The third kappa shape index (κ3) is 23.6. The summed E-state index contributed by atoms with van der Waals surface area (Å²) in [6.45, 7) is 12.2. The molecule has 18 nitrogen and oxygen atoms in total. The van der Waals surface area contributed by atoms with Gasteiger partial charge in [-0.15, -0.1) is 0 Å². The minimum absolute atomic E-state index is 0.00613. The Morgan fingerprint density at radius 2 is 1.09 bits per heavy atom. The number of amides is 7. The first-order valence-electron chi connectivity index (χ1n) is 22.7. The topological polar surface area (TPSA) is 248 Å². The van der Waals surface area contributed by atoms with Crippen molar-refractivity contribution in [3.05, 3.63) is 69.7 Å². The lowest BCUT2D eigenvalue weighted by molar-refractivity contribution is -0.135. The van der Waals surface area contributed by atoms with E-state index in [1.165, 1.54) is 6.92 Å². The quantitative estimate of drug-likeness (QED) is 0.0280. The Labute approximate surface area is 403 Å². The summed E-state index contributed by atoms with van der Waals surface area (Å²) in [7, 11) is 0. The van der Waals surface area contributed by atoms with E-state index in [4.69, 9.17) is 37.4 Å². The van der Waals surface area contributed by atoms with E-state index in [1.54, 1.807) is 83.1 Å². The van der Waals surface area contributed by atoms with Crippen LogP contribution in [0.3, 0.4) is 0 Å². The van der Waals surface area contributed by atoms with Crippen molar-refractivity contribution < 1.29 is 52.6 Å². The summed E-state index contributed by atoms with van der Waals surface area (Å²) < 4.78 is 15.8. The van der Waals surface area contributed by atoms with Gasteiger partial charge in [-0.25, -0.2) is 14.4 Å². The van der Waals surface area contributed by atoms with Crippen molar-refractivity contribution in [3.63, 3.8) is 0 Å². The summed E-state index contributed by atoms with van der Waals surface area (Å²) >= 11 is 12.3. The van der Waals surface area contributed by atoms with Crippen molar-refractivity contribution in [1.29, 1.82) is 0 Å². The average Bonchev–Trinajstić information content (AvgIpc) is 3.26. The van der Waals surface area contributed by atoms with Gasteiger partial charge in [-0.3, -0.25) is 19.2 Å². The smallest absolute Gasteiger partial charge is 0.408 e. The van der Waals surface area contributed by atoms with E-state index in [0.29, 0.717) is 66.0 Å². The van der Waals surface area contributed by atoms with Crippen LogP contribution in [-0.2, 0) is 51.4 Å². The molecule has 20 heteroatoms. The molecule has 0 aliphatic rings. The highest BCUT2D eigenvalue weighted by Gasteiger charge is 2.32. The van der Waals surface area contributed by atoms with Crippen LogP contribution < -0.4 is 37.2 Å². The molecular formula is C47H69Cl2N7O11. The minimum atomic E-state index is -1.16. The van der Waals surface area contributed by atoms with Gasteiger partial charge in [0.15, 0.2) is 0 Å². The van der Waals surface area contributed by atoms with Crippen molar-refractivity contribution in [2.45, 2.75) is 155 Å². The van der Waals surface area contributed by atoms with Gasteiger partial charge in [-0.05, 0) is 90.7 Å². The van der Waals surface area contributed by atoms with Gasteiger partial charge in [-0.1, -0.05) is 93.2 Å². The number of nitrogens with one attached hydrogen (secondary N) is 7. The summed E-state index contributed by atoms with van der Waals surface area (Å²) in [5.74, 6) is -3.12. The average molecular weight is 979 g/mol. The summed E-state index contributed by atoms with van der Waals surface area (Å²) in [5.41, 5.74) is 0.496. The van der Waals surface area contributed by atoms with E-state index in [1.807, 2.05) is 6.92 Å². The van der Waals surface area contributed by atoms with Gasteiger partial charge in [0.05, 0.1) is 6.04 Å². The number of rotatable bonds is 28. The number of ether oxygens (including phenoxy) is 3. The van der Waals surface area contributed by atoms with Crippen molar-refractivity contribution >= 4 is 71.4 Å². The molecule has 372 valence electrons. The normalized spacial score (nSPS) is 13.3. The van der Waals surface area contributed by atoms with Crippen LogP contribution in [0, 0.1) is 5.92 Å². The summed E-state index contributed by atoms with van der Waals surface area (Å²) in [4.78, 5) is 103. The fourth-order valence-electron chi connectivity index (χ4n) is 6.27. The summed E-state index contributed by atoms with van der Waals surface area (Å²) in [6.07, 6.45) is 2.10. The molecule has 7 amide bonds. The first kappa shape index (κ1) is 57.5. The number of carbonyl (C=O) groups is 8. The second-order valence-electron chi connectivity index (χ2n) is 17.3. The Balaban J connectivity index is 2.06. The van der Waals surface area contributed by atoms with Crippen LogP contribution in [0.1, 0.15) is 117 Å². The van der Waals surface area contributed by atoms with E-state index in [9.17, 15) is 38.4 Å². The SMILES string of the molecule is CCCC[C@H](NC(=O)OC(C)(C)C)C(=O)N[C@@H](C)C(=O)N[C@H](C(=O)N[C@@H](CCCCNC(=O)OCc1ccccc1Cl)C(=O)N[C@H](C=O)CCCCNC(=O)OCc1ccccc1Cl)C(C)C. The van der Waals surface area contributed by atoms with Crippen LogP contribution in [0.2, 0.25) is 10.0 Å². The number of halogens is 2. The van der Waals surface area contributed by atoms with E-state index in [-0.39, 0.29) is 39.1 Å². The molecule has 0 aromatic heterocycles. The standard InChI is InChI=1S/C47H69Cl2N7O11/c1-8-9-23-38(55-46(64)67-47(5,6)7)41(59)52-31(4)40(58)56-39(30(2)3)43(61)54-37(24-15-17-26-51-45(63)66-29-33-19-11-13-22-36(33)49)42(60)53-34(27-57)20-14-16-25-50-44(62)65-28-32-18-10-12-21-35(32)48/h10-13,18-19,21-22,27,30-31,34,37-39H,8-9,14-17,20,23-26,28-29H2,1-7H3,(H,50,62)(H,51,63)(H,52,59)(H,53,60)(H,54,61)(H,55,64)(H,56,58)/t31-,34-,37-,38-,39-/m0/s1. The molecule has 2 aromatic carbocycles. The second-order valence-corrected chi connectivity index (χ2v) is 18.1. The lowest BCUT2D eigenvalue weighted by atomic mass is 10.0. The molecule has 0 fully saturated rings. The predicted octanol–water partition coefficient (Wildman–Crippen LogP) is 6.38. The first-order chi connectivity index (χ1) is 31.7. The minimum Gasteiger partial charge on any atom is -0.445 e. The highest BCUT2D eigenvalue weighted by Crippen LogP contribution is 2.17. The third-order valence-electron chi connectivity index (χ3n) is 10.0. The highest BCUT2D eigenvalue weighted by molar-refractivity contribution is 6.31. The van der Waals surface area contributed by atoms with Gasteiger partial charge >= 0.3 is 18.3 Å². The van der Waals surface area contributed by atoms with Gasteiger partial charge in [0, 0.05) is 34.3 Å². The van der Waals surface area contributed by atoms with Gasteiger partial charge in [0.25, 0.3) is 0 Å². The number of carbonyl (C=O) groups excluding carboxylic acids is 8. The zero-order valence-electron chi connectivity index (χ0n) is 39.6. The third-order valence-corrected chi connectivity index (χ3v) is 10.7. The monoisotopic (exact) mass is 977 g/mol. The molecule has 67 heavy (non-hydrogen) atoms. The Kier molecular flexibility index (Phi) is 26.3.